The summed E-state index contributed by atoms with van der Waals surface area (Å²) in [6.45, 7) is 3.92. The third-order valence-corrected chi connectivity index (χ3v) is 3.64. The molecule has 0 saturated carbocycles. The van der Waals surface area contributed by atoms with Crippen LogP contribution in [0, 0.1) is 6.92 Å². The van der Waals surface area contributed by atoms with E-state index in [1.807, 2.05) is 13.0 Å². The number of nitrogens with zero attached hydrogens (tertiary/aromatic N) is 3. The third-order valence-electron chi connectivity index (χ3n) is 3.64. The Bertz CT molecular complexity index is 932. The van der Waals surface area contributed by atoms with E-state index in [1.54, 1.807) is 49.6 Å². The van der Waals surface area contributed by atoms with Crippen LogP contribution in [0.5, 0.6) is 0 Å². The van der Waals surface area contributed by atoms with Crippen molar-refractivity contribution in [2.24, 2.45) is 0 Å². The SMILES string of the molecule is CCOC(=O)c1cnn(-c2cccc(C(=O)Nc3ccc(C)nc3)c2)c1. The van der Waals surface area contributed by atoms with Crippen LogP contribution in [0.4, 0.5) is 5.69 Å². The van der Waals surface area contributed by atoms with Gasteiger partial charge in [0, 0.05) is 17.5 Å². The van der Waals surface area contributed by atoms with E-state index in [2.05, 4.69) is 15.4 Å². The van der Waals surface area contributed by atoms with Crippen molar-refractivity contribution in [3.05, 3.63) is 71.8 Å². The predicted molar refractivity (Wildman–Crippen MR) is 96.4 cm³/mol. The molecule has 0 spiro atoms. The van der Waals surface area contributed by atoms with Crippen LogP contribution >= 0.6 is 0 Å². The molecular formula is C19H18N4O3. The highest BCUT2D eigenvalue weighted by Gasteiger charge is 2.12. The minimum atomic E-state index is -0.431. The normalized spacial score (nSPS) is 10.4. The summed E-state index contributed by atoms with van der Waals surface area (Å²) in [5, 5.41) is 6.96. The van der Waals surface area contributed by atoms with Gasteiger partial charge in [0.2, 0.25) is 0 Å². The molecule has 1 N–H and O–H groups in total. The van der Waals surface area contributed by atoms with Gasteiger partial charge in [0.05, 0.1) is 35.9 Å². The number of nitrogens with one attached hydrogen (secondary N) is 1. The van der Waals surface area contributed by atoms with Gasteiger partial charge in [-0.05, 0) is 44.2 Å². The van der Waals surface area contributed by atoms with Gasteiger partial charge in [-0.3, -0.25) is 9.78 Å². The summed E-state index contributed by atoms with van der Waals surface area (Å²) < 4.78 is 6.48. The van der Waals surface area contributed by atoms with Gasteiger partial charge in [-0.2, -0.15) is 5.10 Å². The number of carbonyl (C=O) groups excluding carboxylic acids is 2. The summed E-state index contributed by atoms with van der Waals surface area (Å²) in [7, 11) is 0. The Kier molecular flexibility index (Phi) is 5.07. The molecule has 3 rings (SSSR count). The zero-order valence-electron chi connectivity index (χ0n) is 14.5. The average molecular weight is 350 g/mol. The lowest BCUT2D eigenvalue weighted by Crippen LogP contribution is -2.12. The third kappa shape index (κ3) is 3.94. The molecule has 1 amide bonds. The molecule has 3 aromatic rings. The van der Waals surface area contributed by atoms with Gasteiger partial charge in [0.25, 0.3) is 5.91 Å². The Balaban J connectivity index is 1.78. The van der Waals surface area contributed by atoms with Crippen LogP contribution in [0.3, 0.4) is 0 Å². The van der Waals surface area contributed by atoms with Crippen molar-refractivity contribution < 1.29 is 14.3 Å². The molecule has 0 aliphatic heterocycles. The molecule has 132 valence electrons. The highest BCUT2D eigenvalue weighted by atomic mass is 16.5. The maximum Gasteiger partial charge on any atom is 0.341 e. The molecule has 2 aromatic heterocycles. The Hall–Kier alpha value is -3.48. The molecule has 0 aliphatic carbocycles. The van der Waals surface area contributed by atoms with E-state index >= 15 is 0 Å². The van der Waals surface area contributed by atoms with Gasteiger partial charge >= 0.3 is 5.97 Å². The minimum Gasteiger partial charge on any atom is -0.462 e. The van der Waals surface area contributed by atoms with Crippen LogP contribution in [0.1, 0.15) is 33.3 Å². The summed E-state index contributed by atoms with van der Waals surface area (Å²) in [6.07, 6.45) is 4.61. The molecule has 0 aliphatic rings. The van der Waals surface area contributed by atoms with Gasteiger partial charge in [0.15, 0.2) is 0 Å². The monoisotopic (exact) mass is 350 g/mol. The first-order chi connectivity index (χ1) is 12.6. The minimum absolute atomic E-state index is 0.254. The number of ether oxygens (including phenoxy) is 1. The van der Waals surface area contributed by atoms with Crippen molar-refractivity contribution in [3.63, 3.8) is 0 Å². The zero-order valence-corrected chi connectivity index (χ0v) is 14.5. The quantitative estimate of drug-likeness (QED) is 0.715. The molecule has 0 atom stereocenters. The lowest BCUT2D eigenvalue weighted by molar-refractivity contribution is 0.0526. The van der Waals surface area contributed by atoms with Crippen LogP contribution in [0.15, 0.2) is 55.0 Å². The number of anilines is 1. The first kappa shape index (κ1) is 17.3. The standard InChI is InChI=1S/C19H18N4O3/c1-3-26-19(25)15-10-21-23(12-15)17-6-4-5-14(9-17)18(24)22-16-8-7-13(2)20-11-16/h4-12H,3H2,1-2H3,(H,22,24). The number of hydrogen-bond donors (Lipinski definition) is 1. The van der Waals surface area contributed by atoms with Crippen molar-refractivity contribution >= 4 is 17.6 Å². The fraction of sp³-hybridized carbons (Fsp3) is 0.158. The van der Waals surface area contributed by atoms with Crippen molar-refractivity contribution in [2.75, 3.05) is 11.9 Å². The van der Waals surface area contributed by atoms with Crippen molar-refractivity contribution in [1.29, 1.82) is 0 Å². The smallest absolute Gasteiger partial charge is 0.341 e. The van der Waals surface area contributed by atoms with Gasteiger partial charge < -0.3 is 10.1 Å². The van der Waals surface area contributed by atoms with Crippen molar-refractivity contribution in [2.45, 2.75) is 13.8 Å². The van der Waals surface area contributed by atoms with E-state index in [9.17, 15) is 9.59 Å². The predicted octanol–water partition coefficient (Wildman–Crippen LogP) is 3.00. The van der Waals surface area contributed by atoms with Crippen molar-refractivity contribution in [3.8, 4) is 5.69 Å². The Morgan fingerprint density at radius 1 is 1.15 bits per heavy atom. The molecule has 0 bridgehead atoms. The van der Waals surface area contributed by atoms with E-state index in [1.165, 1.54) is 10.9 Å². The van der Waals surface area contributed by atoms with Crippen molar-refractivity contribution in [1.82, 2.24) is 14.8 Å². The lowest BCUT2D eigenvalue weighted by Gasteiger charge is -2.07. The highest BCUT2D eigenvalue weighted by Crippen LogP contribution is 2.14. The summed E-state index contributed by atoms with van der Waals surface area (Å²) >= 11 is 0. The fourth-order valence-electron chi connectivity index (χ4n) is 2.32. The maximum atomic E-state index is 12.4. The first-order valence-corrected chi connectivity index (χ1v) is 8.13. The van der Waals surface area contributed by atoms with Crippen LogP contribution < -0.4 is 5.32 Å². The number of aryl methyl sites for hydroxylation is 1. The molecule has 0 unspecified atom stereocenters. The number of carbonyl (C=O) groups is 2. The van der Waals surface area contributed by atoms with E-state index in [0.29, 0.717) is 29.1 Å². The molecule has 7 heteroatoms. The molecule has 0 radical (unpaired) electrons. The number of benzene rings is 1. The molecule has 0 saturated heterocycles. The molecular weight excluding hydrogens is 332 g/mol. The summed E-state index contributed by atoms with van der Waals surface area (Å²) in [6, 6.07) is 10.6. The number of hydrogen-bond acceptors (Lipinski definition) is 5. The first-order valence-electron chi connectivity index (χ1n) is 8.13. The fourth-order valence-corrected chi connectivity index (χ4v) is 2.32. The Labute approximate surface area is 150 Å². The molecule has 7 nitrogen and oxygen atoms in total. The van der Waals surface area contributed by atoms with Crippen LogP contribution in [-0.2, 0) is 4.74 Å². The van der Waals surface area contributed by atoms with E-state index in [4.69, 9.17) is 4.74 Å². The van der Waals surface area contributed by atoms with Crippen LogP contribution in [-0.4, -0.2) is 33.2 Å². The molecule has 26 heavy (non-hydrogen) atoms. The summed E-state index contributed by atoms with van der Waals surface area (Å²) in [5.41, 5.74) is 2.98. The Morgan fingerprint density at radius 2 is 2.00 bits per heavy atom. The van der Waals surface area contributed by atoms with E-state index < -0.39 is 5.97 Å². The second kappa shape index (κ2) is 7.60. The van der Waals surface area contributed by atoms with Crippen LogP contribution in [0.2, 0.25) is 0 Å². The zero-order chi connectivity index (χ0) is 18.5. The van der Waals surface area contributed by atoms with Gasteiger partial charge in [-0.1, -0.05) is 6.07 Å². The number of aromatic nitrogens is 3. The number of pyridine rings is 1. The number of esters is 1. The summed E-state index contributed by atoms with van der Waals surface area (Å²) in [4.78, 5) is 28.3. The van der Waals surface area contributed by atoms with Gasteiger partial charge in [0.1, 0.15) is 0 Å². The summed E-state index contributed by atoms with van der Waals surface area (Å²) in [5.74, 6) is -0.685. The van der Waals surface area contributed by atoms with E-state index in [0.717, 1.165) is 5.69 Å². The molecule has 2 heterocycles. The highest BCUT2D eigenvalue weighted by molar-refractivity contribution is 6.04. The lowest BCUT2D eigenvalue weighted by atomic mass is 10.2. The second-order valence-corrected chi connectivity index (χ2v) is 5.59. The maximum absolute atomic E-state index is 12.4. The van der Waals surface area contributed by atoms with Crippen LogP contribution in [0.25, 0.3) is 5.69 Å². The molecule has 1 aromatic carbocycles. The van der Waals surface area contributed by atoms with Gasteiger partial charge in [-0.15, -0.1) is 0 Å². The van der Waals surface area contributed by atoms with Gasteiger partial charge in [-0.25, -0.2) is 9.48 Å². The van der Waals surface area contributed by atoms with E-state index in [-0.39, 0.29) is 5.91 Å². The largest absolute Gasteiger partial charge is 0.462 e. The number of amides is 1. The average Bonchev–Trinajstić information content (AvgIpc) is 3.14. The molecule has 0 fully saturated rings. The Morgan fingerprint density at radius 3 is 2.73 bits per heavy atom. The topological polar surface area (TPSA) is 86.1 Å². The second-order valence-electron chi connectivity index (χ2n) is 5.59. The number of rotatable bonds is 5.